The second-order valence-corrected chi connectivity index (χ2v) is 9.20. The molecule has 0 aromatic heterocycles. The van der Waals surface area contributed by atoms with Gasteiger partial charge in [0, 0.05) is 25.2 Å². The summed E-state index contributed by atoms with van der Waals surface area (Å²) in [6.45, 7) is 1.91. The first kappa shape index (κ1) is 26.0. The second-order valence-electron chi connectivity index (χ2n) is 9.20. The van der Waals surface area contributed by atoms with Crippen LogP contribution in [0.2, 0.25) is 0 Å². The molecule has 9 nitrogen and oxygen atoms in total. The van der Waals surface area contributed by atoms with Crippen molar-refractivity contribution in [2.24, 2.45) is 0 Å². The summed E-state index contributed by atoms with van der Waals surface area (Å²) in [5.74, 6) is 0.478. The van der Waals surface area contributed by atoms with E-state index in [9.17, 15) is 14.4 Å². The predicted molar refractivity (Wildman–Crippen MR) is 142 cm³/mol. The molecule has 3 aromatic rings. The minimum absolute atomic E-state index is 0.0133. The molecule has 3 aromatic carbocycles. The van der Waals surface area contributed by atoms with E-state index in [4.69, 9.17) is 9.47 Å². The van der Waals surface area contributed by atoms with Gasteiger partial charge < -0.3 is 29.9 Å². The average molecular weight is 505 g/mol. The van der Waals surface area contributed by atoms with Crippen molar-refractivity contribution in [3.05, 3.63) is 65.7 Å². The van der Waals surface area contributed by atoms with Gasteiger partial charge >= 0.3 is 0 Å². The lowest BCUT2D eigenvalue weighted by molar-refractivity contribution is -0.129. The van der Waals surface area contributed by atoms with Gasteiger partial charge in [0.2, 0.25) is 5.91 Å². The molecule has 0 radical (unpaired) electrons. The molecular formula is C28H32N4O5. The van der Waals surface area contributed by atoms with Crippen LogP contribution in [0.15, 0.2) is 54.6 Å². The number of likely N-dealkylation sites (N-methyl/N-ethyl adjacent to an activating group) is 1. The molecule has 194 valence electrons. The van der Waals surface area contributed by atoms with Crippen molar-refractivity contribution < 1.29 is 23.9 Å². The van der Waals surface area contributed by atoms with Crippen molar-refractivity contribution in [1.82, 2.24) is 15.5 Å². The molecule has 1 heterocycles. The van der Waals surface area contributed by atoms with Crippen LogP contribution in [0, 0.1) is 0 Å². The third-order valence-electron chi connectivity index (χ3n) is 6.49. The highest BCUT2D eigenvalue weighted by molar-refractivity contribution is 6.02. The Labute approximate surface area is 216 Å². The number of methoxy groups -OCH3 is 1. The van der Waals surface area contributed by atoms with Crippen molar-refractivity contribution in [2.45, 2.75) is 25.6 Å². The van der Waals surface area contributed by atoms with Crippen molar-refractivity contribution in [3.63, 3.8) is 0 Å². The van der Waals surface area contributed by atoms with E-state index in [1.807, 2.05) is 42.5 Å². The Morgan fingerprint density at radius 3 is 2.59 bits per heavy atom. The minimum atomic E-state index is -0.869. The highest BCUT2D eigenvalue weighted by atomic mass is 16.5. The van der Waals surface area contributed by atoms with Gasteiger partial charge in [0.05, 0.1) is 25.4 Å². The van der Waals surface area contributed by atoms with E-state index in [1.54, 1.807) is 52.2 Å². The molecule has 3 amide bonds. The maximum Gasteiger partial charge on any atom is 0.253 e. The van der Waals surface area contributed by atoms with E-state index in [2.05, 4.69) is 10.6 Å². The lowest BCUT2D eigenvalue weighted by Gasteiger charge is -2.26. The number of nitrogens with one attached hydrogen (secondary N) is 2. The predicted octanol–water partition coefficient (Wildman–Crippen LogP) is 2.57. The quantitative estimate of drug-likeness (QED) is 0.513. The fourth-order valence-corrected chi connectivity index (χ4v) is 4.25. The summed E-state index contributed by atoms with van der Waals surface area (Å²) >= 11 is 0. The van der Waals surface area contributed by atoms with E-state index >= 15 is 0 Å². The molecule has 0 aliphatic carbocycles. The zero-order valence-electron chi connectivity index (χ0n) is 21.7. The van der Waals surface area contributed by atoms with Gasteiger partial charge in [0.1, 0.15) is 24.1 Å². The zero-order valence-corrected chi connectivity index (χ0v) is 21.7. The second kappa shape index (κ2) is 10.9. The first-order valence-corrected chi connectivity index (χ1v) is 12.1. The van der Waals surface area contributed by atoms with Crippen LogP contribution in [-0.2, 0) is 16.1 Å². The van der Waals surface area contributed by atoms with Crippen LogP contribution in [0.5, 0.6) is 11.5 Å². The third kappa shape index (κ3) is 5.36. The highest BCUT2D eigenvalue weighted by Crippen LogP contribution is 2.35. The lowest BCUT2D eigenvalue weighted by atomic mass is 10.0. The van der Waals surface area contributed by atoms with Gasteiger partial charge in [-0.3, -0.25) is 14.4 Å². The fourth-order valence-electron chi connectivity index (χ4n) is 4.25. The summed E-state index contributed by atoms with van der Waals surface area (Å²) in [5, 5.41) is 7.45. The minimum Gasteiger partial charge on any atom is -0.496 e. The Balaban J connectivity index is 1.74. The topological polar surface area (TPSA) is 100 Å². The van der Waals surface area contributed by atoms with Crippen molar-refractivity contribution >= 4 is 34.2 Å². The lowest BCUT2D eigenvalue weighted by Crippen LogP contribution is -2.53. The molecule has 0 spiro atoms. The van der Waals surface area contributed by atoms with E-state index in [1.165, 1.54) is 4.90 Å². The molecule has 0 fully saturated rings. The van der Waals surface area contributed by atoms with E-state index in [-0.39, 0.29) is 30.9 Å². The Morgan fingerprint density at radius 2 is 1.89 bits per heavy atom. The first-order valence-electron chi connectivity index (χ1n) is 12.1. The number of anilines is 1. The van der Waals surface area contributed by atoms with Crippen LogP contribution in [-0.4, -0.2) is 69.6 Å². The molecule has 0 saturated carbocycles. The van der Waals surface area contributed by atoms with Gasteiger partial charge in [-0.1, -0.05) is 18.2 Å². The Kier molecular flexibility index (Phi) is 7.63. The fraction of sp³-hybridized carbons (Fsp3) is 0.321. The van der Waals surface area contributed by atoms with Gasteiger partial charge in [-0.25, -0.2) is 0 Å². The molecule has 1 aliphatic rings. The van der Waals surface area contributed by atoms with E-state index < -0.39 is 12.1 Å². The molecule has 1 aliphatic heterocycles. The number of hydrogen-bond acceptors (Lipinski definition) is 6. The SMILES string of the molecule is CN[C@@H](C)C(=O)N[C@H]1COc2ccccc2N(Cc2cc3cc(C(=O)N(C)C)ccc3cc2OC)C1=O. The van der Waals surface area contributed by atoms with Gasteiger partial charge in [0.15, 0.2) is 0 Å². The monoisotopic (exact) mass is 504 g/mol. The van der Waals surface area contributed by atoms with Crippen LogP contribution in [0.1, 0.15) is 22.8 Å². The number of nitrogens with zero attached hydrogens (tertiary/aromatic N) is 2. The number of amides is 3. The highest BCUT2D eigenvalue weighted by Gasteiger charge is 2.33. The smallest absolute Gasteiger partial charge is 0.253 e. The average Bonchev–Trinajstić information content (AvgIpc) is 3.03. The Bertz CT molecular complexity index is 1340. The third-order valence-corrected chi connectivity index (χ3v) is 6.49. The zero-order chi connectivity index (χ0) is 26.7. The number of rotatable bonds is 7. The molecule has 2 N–H and O–H groups in total. The van der Waals surface area contributed by atoms with Crippen LogP contribution >= 0.6 is 0 Å². The number of hydrogen-bond donors (Lipinski definition) is 2. The normalized spacial score (nSPS) is 15.9. The van der Waals surface area contributed by atoms with Crippen molar-refractivity contribution in [1.29, 1.82) is 0 Å². The van der Waals surface area contributed by atoms with Crippen LogP contribution in [0.3, 0.4) is 0 Å². The number of carbonyl (C=O) groups excluding carboxylic acids is 3. The summed E-state index contributed by atoms with van der Waals surface area (Å²) in [7, 11) is 6.69. The molecule has 4 rings (SSSR count). The molecule has 9 heteroatoms. The van der Waals surface area contributed by atoms with Crippen molar-refractivity contribution in [2.75, 3.05) is 39.8 Å². The molecule has 0 saturated heterocycles. The summed E-state index contributed by atoms with van der Waals surface area (Å²) < 4.78 is 11.6. The van der Waals surface area contributed by atoms with Crippen molar-refractivity contribution in [3.8, 4) is 11.5 Å². The summed E-state index contributed by atoms with van der Waals surface area (Å²) in [5.41, 5.74) is 1.92. The molecule has 0 unspecified atom stereocenters. The standard InChI is InChI=1S/C28H32N4O5/c1-17(29-2)26(33)30-22-16-37-24-9-7-6-8-23(24)32(28(22)35)15-21-13-20-12-19(27(34)31(3)4)11-10-18(20)14-25(21)36-5/h6-14,17,22,29H,15-16H2,1-5H3,(H,30,33)/t17-,22-/m0/s1. The first-order chi connectivity index (χ1) is 17.7. The van der Waals surface area contributed by atoms with E-state index in [0.717, 1.165) is 16.3 Å². The maximum atomic E-state index is 13.8. The Morgan fingerprint density at radius 1 is 1.14 bits per heavy atom. The van der Waals surface area contributed by atoms with Crippen LogP contribution in [0.25, 0.3) is 10.8 Å². The van der Waals surface area contributed by atoms with Gasteiger partial charge in [-0.15, -0.1) is 0 Å². The number of ether oxygens (including phenoxy) is 2. The van der Waals surface area contributed by atoms with Gasteiger partial charge in [-0.2, -0.15) is 0 Å². The van der Waals surface area contributed by atoms with Gasteiger partial charge in [-0.05, 0) is 61.1 Å². The van der Waals surface area contributed by atoms with Gasteiger partial charge in [0.25, 0.3) is 11.8 Å². The number of carbonyl (C=O) groups is 3. The van der Waals surface area contributed by atoms with Crippen LogP contribution in [0.4, 0.5) is 5.69 Å². The largest absolute Gasteiger partial charge is 0.496 e. The number of para-hydroxylation sites is 2. The summed E-state index contributed by atoms with van der Waals surface area (Å²) in [6.07, 6.45) is 0. The molecule has 0 bridgehead atoms. The Hall–Kier alpha value is -4.11. The summed E-state index contributed by atoms with van der Waals surface area (Å²) in [4.78, 5) is 42.0. The van der Waals surface area contributed by atoms with E-state index in [0.29, 0.717) is 22.7 Å². The molecular weight excluding hydrogens is 472 g/mol. The summed E-state index contributed by atoms with van der Waals surface area (Å²) in [6, 6.07) is 15.3. The van der Waals surface area contributed by atoms with Crippen LogP contribution < -0.4 is 25.0 Å². The maximum absolute atomic E-state index is 13.8. The number of benzene rings is 3. The number of fused-ring (bicyclic) bond motifs is 2. The molecule has 37 heavy (non-hydrogen) atoms. The molecule has 2 atom stereocenters.